The normalized spacial score (nSPS) is 14.5. The van der Waals surface area contributed by atoms with Gasteiger partial charge in [-0.25, -0.2) is 0 Å². The SMILES string of the molecule is CCC(C)(CC)C(N)C(=O)O. The van der Waals surface area contributed by atoms with Crippen LogP contribution in [0.3, 0.4) is 0 Å². The van der Waals surface area contributed by atoms with Crippen LogP contribution in [0.2, 0.25) is 0 Å². The second kappa shape index (κ2) is 3.72. The fourth-order valence-electron chi connectivity index (χ4n) is 0.988. The van der Waals surface area contributed by atoms with E-state index in [4.69, 9.17) is 10.8 Å². The molecule has 0 aliphatic carbocycles. The third-order valence-electron chi connectivity index (χ3n) is 2.63. The summed E-state index contributed by atoms with van der Waals surface area (Å²) in [5.41, 5.74) is 5.26. The van der Waals surface area contributed by atoms with Crippen molar-refractivity contribution in [1.29, 1.82) is 0 Å². The molecule has 0 spiro atoms. The Bertz CT molecular complexity index is 141. The summed E-state index contributed by atoms with van der Waals surface area (Å²) < 4.78 is 0. The highest BCUT2D eigenvalue weighted by molar-refractivity contribution is 5.74. The Morgan fingerprint density at radius 2 is 1.91 bits per heavy atom. The van der Waals surface area contributed by atoms with E-state index >= 15 is 0 Å². The maximum absolute atomic E-state index is 10.5. The van der Waals surface area contributed by atoms with E-state index in [1.54, 1.807) is 0 Å². The second-order valence-corrected chi connectivity index (χ2v) is 3.18. The highest BCUT2D eigenvalue weighted by atomic mass is 16.4. The smallest absolute Gasteiger partial charge is 0.321 e. The first-order chi connectivity index (χ1) is 4.98. The average Bonchev–Trinajstić information content (AvgIpc) is 2.01. The van der Waals surface area contributed by atoms with Gasteiger partial charge < -0.3 is 10.8 Å². The first kappa shape index (κ1) is 10.4. The molecule has 0 aliphatic heterocycles. The minimum Gasteiger partial charge on any atom is -0.480 e. The predicted molar refractivity (Wildman–Crippen MR) is 44.3 cm³/mol. The lowest BCUT2D eigenvalue weighted by atomic mass is 9.78. The Morgan fingerprint density at radius 1 is 1.55 bits per heavy atom. The maximum atomic E-state index is 10.5. The van der Waals surface area contributed by atoms with E-state index in [-0.39, 0.29) is 5.41 Å². The molecule has 0 bridgehead atoms. The van der Waals surface area contributed by atoms with Crippen molar-refractivity contribution in [3.63, 3.8) is 0 Å². The van der Waals surface area contributed by atoms with Crippen molar-refractivity contribution in [2.75, 3.05) is 0 Å². The number of aliphatic carboxylic acids is 1. The first-order valence-electron chi connectivity index (χ1n) is 3.96. The van der Waals surface area contributed by atoms with Gasteiger partial charge in [-0.3, -0.25) is 4.79 Å². The molecular formula is C8H17NO2. The van der Waals surface area contributed by atoms with Crippen LogP contribution in [0.1, 0.15) is 33.6 Å². The molecule has 1 unspecified atom stereocenters. The summed E-state index contributed by atoms with van der Waals surface area (Å²) >= 11 is 0. The van der Waals surface area contributed by atoms with E-state index in [2.05, 4.69) is 0 Å². The van der Waals surface area contributed by atoms with Crippen molar-refractivity contribution in [3.05, 3.63) is 0 Å². The van der Waals surface area contributed by atoms with Crippen LogP contribution in [0.4, 0.5) is 0 Å². The summed E-state index contributed by atoms with van der Waals surface area (Å²) in [4.78, 5) is 10.5. The summed E-state index contributed by atoms with van der Waals surface area (Å²) in [5.74, 6) is -0.906. The lowest BCUT2D eigenvalue weighted by molar-refractivity contribution is -0.141. The van der Waals surface area contributed by atoms with Gasteiger partial charge >= 0.3 is 5.97 Å². The summed E-state index contributed by atoms with van der Waals surface area (Å²) in [6.45, 7) is 5.84. The lowest BCUT2D eigenvalue weighted by Crippen LogP contribution is -2.44. The van der Waals surface area contributed by atoms with Crippen molar-refractivity contribution in [3.8, 4) is 0 Å². The van der Waals surface area contributed by atoms with E-state index in [0.717, 1.165) is 12.8 Å². The highest BCUT2D eigenvalue weighted by Gasteiger charge is 2.32. The van der Waals surface area contributed by atoms with Crippen molar-refractivity contribution < 1.29 is 9.90 Å². The monoisotopic (exact) mass is 159 g/mol. The van der Waals surface area contributed by atoms with Gasteiger partial charge in [-0.05, 0) is 18.3 Å². The van der Waals surface area contributed by atoms with Crippen molar-refractivity contribution in [2.24, 2.45) is 11.1 Å². The van der Waals surface area contributed by atoms with Crippen LogP contribution in [0, 0.1) is 5.41 Å². The summed E-state index contributed by atoms with van der Waals surface area (Å²) in [6.07, 6.45) is 1.61. The number of carboxylic acid groups (broad SMARTS) is 1. The van der Waals surface area contributed by atoms with Gasteiger partial charge in [0.1, 0.15) is 6.04 Å². The number of hydrogen-bond donors (Lipinski definition) is 2. The van der Waals surface area contributed by atoms with Crippen molar-refractivity contribution >= 4 is 5.97 Å². The average molecular weight is 159 g/mol. The van der Waals surface area contributed by atoms with Crippen LogP contribution in [0.15, 0.2) is 0 Å². The highest BCUT2D eigenvalue weighted by Crippen LogP contribution is 2.28. The van der Waals surface area contributed by atoms with Gasteiger partial charge in [-0.2, -0.15) is 0 Å². The van der Waals surface area contributed by atoms with Crippen LogP contribution in [-0.2, 0) is 4.79 Å². The molecule has 3 nitrogen and oxygen atoms in total. The fourth-order valence-corrected chi connectivity index (χ4v) is 0.988. The van der Waals surface area contributed by atoms with Crippen LogP contribution in [-0.4, -0.2) is 17.1 Å². The third kappa shape index (κ3) is 2.19. The Hall–Kier alpha value is -0.570. The number of nitrogens with two attached hydrogens (primary N) is 1. The van der Waals surface area contributed by atoms with Crippen molar-refractivity contribution in [1.82, 2.24) is 0 Å². The maximum Gasteiger partial charge on any atom is 0.321 e. The minimum absolute atomic E-state index is 0.258. The zero-order valence-electron chi connectivity index (χ0n) is 7.42. The molecule has 66 valence electrons. The van der Waals surface area contributed by atoms with E-state index < -0.39 is 12.0 Å². The number of carboxylic acids is 1. The molecule has 0 radical (unpaired) electrons. The third-order valence-corrected chi connectivity index (χ3v) is 2.63. The van der Waals surface area contributed by atoms with Crippen LogP contribution < -0.4 is 5.73 Å². The Kier molecular flexibility index (Phi) is 3.52. The minimum atomic E-state index is -0.906. The largest absolute Gasteiger partial charge is 0.480 e. The molecule has 0 saturated heterocycles. The summed E-state index contributed by atoms with van der Waals surface area (Å²) in [6, 6.07) is -0.738. The Labute approximate surface area is 67.6 Å². The summed E-state index contributed by atoms with van der Waals surface area (Å²) in [5, 5.41) is 8.65. The van der Waals surface area contributed by atoms with Gasteiger partial charge in [0.15, 0.2) is 0 Å². The van der Waals surface area contributed by atoms with Crippen LogP contribution in [0.5, 0.6) is 0 Å². The lowest BCUT2D eigenvalue weighted by Gasteiger charge is -2.30. The van der Waals surface area contributed by atoms with Gasteiger partial charge in [0.2, 0.25) is 0 Å². The molecule has 0 aromatic carbocycles. The first-order valence-corrected chi connectivity index (χ1v) is 3.96. The van der Waals surface area contributed by atoms with Gasteiger partial charge in [-0.1, -0.05) is 20.8 Å². The van der Waals surface area contributed by atoms with Crippen LogP contribution in [0.25, 0.3) is 0 Å². The number of hydrogen-bond acceptors (Lipinski definition) is 2. The standard InChI is InChI=1S/C8H17NO2/c1-4-8(3,5-2)6(9)7(10)11/h6H,4-5,9H2,1-3H3,(H,10,11). The molecule has 0 aromatic rings. The Balaban J connectivity index is 4.36. The summed E-state index contributed by atoms with van der Waals surface area (Å²) in [7, 11) is 0. The van der Waals surface area contributed by atoms with Crippen LogP contribution >= 0.6 is 0 Å². The fraction of sp³-hybridized carbons (Fsp3) is 0.875. The van der Waals surface area contributed by atoms with Crippen molar-refractivity contribution in [2.45, 2.75) is 39.7 Å². The van der Waals surface area contributed by atoms with Gasteiger partial charge in [0.25, 0.3) is 0 Å². The molecule has 0 heterocycles. The van der Waals surface area contributed by atoms with Gasteiger partial charge in [0.05, 0.1) is 0 Å². The number of rotatable bonds is 4. The van der Waals surface area contributed by atoms with Gasteiger partial charge in [0, 0.05) is 0 Å². The second-order valence-electron chi connectivity index (χ2n) is 3.18. The molecule has 0 aliphatic rings. The van der Waals surface area contributed by atoms with E-state index in [0.29, 0.717) is 0 Å². The molecule has 3 N–H and O–H groups in total. The molecule has 0 aromatic heterocycles. The zero-order chi connectivity index (χ0) is 9.07. The molecule has 1 atom stereocenters. The topological polar surface area (TPSA) is 63.3 Å². The quantitative estimate of drug-likeness (QED) is 0.648. The molecule has 11 heavy (non-hydrogen) atoms. The molecule has 0 fully saturated rings. The molecule has 0 saturated carbocycles. The zero-order valence-corrected chi connectivity index (χ0v) is 7.42. The Morgan fingerprint density at radius 3 is 2.00 bits per heavy atom. The molecule has 3 heteroatoms. The van der Waals surface area contributed by atoms with Gasteiger partial charge in [-0.15, -0.1) is 0 Å². The molecule has 0 rings (SSSR count). The molecule has 0 amide bonds. The molecular weight excluding hydrogens is 142 g/mol. The predicted octanol–water partition coefficient (Wildman–Crippen LogP) is 1.22. The number of carbonyl (C=O) groups is 1. The van der Waals surface area contributed by atoms with E-state index in [1.807, 2.05) is 20.8 Å². The van der Waals surface area contributed by atoms with E-state index in [1.165, 1.54) is 0 Å². The van der Waals surface area contributed by atoms with E-state index in [9.17, 15) is 4.79 Å².